The molecule has 0 aliphatic carbocycles. The second-order valence-corrected chi connectivity index (χ2v) is 4.31. The molecule has 2 aromatic carbocycles. The van der Waals surface area contributed by atoms with Gasteiger partial charge in [-0.05, 0) is 36.4 Å². The van der Waals surface area contributed by atoms with Crippen LogP contribution in [0.5, 0.6) is 0 Å². The summed E-state index contributed by atoms with van der Waals surface area (Å²) in [7, 11) is 0. The van der Waals surface area contributed by atoms with Gasteiger partial charge in [-0.2, -0.15) is 13.2 Å². The third kappa shape index (κ3) is 4.18. The van der Waals surface area contributed by atoms with Crippen molar-refractivity contribution in [1.82, 2.24) is 0 Å². The Morgan fingerprint density at radius 3 is 1.82 bits per heavy atom. The highest BCUT2D eigenvalue weighted by atomic mass is 19.4. The van der Waals surface area contributed by atoms with Crippen LogP contribution in [0.2, 0.25) is 0 Å². The van der Waals surface area contributed by atoms with Crippen molar-refractivity contribution < 1.29 is 26.7 Å². The first-order valence-corrected chi connectivity index (χ1v) is 5.95. The van der Waals surface area contributed by atoms with Crippen LogP contribution >= 0.6 is 0 Å². The zero-order valence-corrected chi connectivity index (χ0v) is 10.8. The molecule has 2 amide bonds. The van der Waals surface area contributed by atoms with Gasteiger partial charge in [-0.1, -0.05) is 0 Å². The van der Waals surface area contributed by atoms with E-state index in [9.17, 15) is 26.7 Å². The van der Waals surface area contributed by atoms with Crippen LogP contribution in [0.1, 0.15) is 5.56 Å². The number of alkyl halides is 3. The monoisotopic (exact) mass is 316 g/mol. The van der Waals surface area contributed by atoms with Crippen LogP contribution in [-0.2, 0) is 6.18 Å². The first kappa shape index (κ1) is 15.7. The van der Waals surface area contributed by atoms with Gasteiger partial charge < -0.3 is 10.6 Å². The Kier molecular flexibility index (Phi) is 4.30. The average molecular weight is 316 g/mol. The number of carbonyl (C=O) groups excluding carboxylic acids is 1. The topological polar surface area (TPSA) is 41.1 Å². The zero-order valence-electron chi connectivity index (χ0n) is 10.8. The Morgan fingerprint density at radius 2 is 1.32 bits per heavy atom. The number of hydrogen-bond acceptors (Lipinski definition) is 1. The molecule has 116 valence electrons. The Hall–Kier alpha value is -2.64. The number of carbonyl (C=O) groups is 1. The number of rotatable bonds is 2. The lowest BCUT2D eigenvalue weighted by Crippen LogP contribution is -2.19. The molecule has 2 rings (SSSR count). The molecule has 3 nitrogen and oxygen atoms in total. The van der Waals surface area contributed by atoms with Gasteiger partial charge in [0, 0.05) is 17.4 Å². The summed E-state index contributed by atoms with van der Waals surface area (Å²) in [5.74, 6) is -1.74. The van der Waals surface area contributed by atoms with Gasteiger partial charge in [-0.3, -0.25) is 0 Å². The molecule has 0 aliphatic rings. The van der Waals surface area contributed by atoms with Crippen molar-refractivity contribution in [2.75, 3.05) is 10.6 Å². The Bertz CT molecular complexity index is 662. The van der Waals surface area contributed by atoms with E-state index in [4.69, 9.17) is 0 Å². The Labute approximate surface area is 121 Å². The maximum atomic E-state index is 12.9. The fourth-order valence-electron chi connectivity index (χ4n) is 1.66. The molecule has 0 radical (unpaired) electrons. The van der Waals surface area contributed by atoms with Gasteiger partial charge in [0.2, 0.25) is 0 Å². The number of nitrogens with one attached hydrogen (secondary N) is 2. The Morgan fingerprint density at radius 1 is 0.818 bits per heavy atom. The summed E-state index contributed by atoms with van der Waals surface area (Å²) in [6.45, 7) is 0. The molecule has 2 aromatic rings. The van der Waals surface area contributed by atoms with E-state index >= 15 is 0 Å². The minimum Gasteiger partial charge on any atom is -0.308 e. The molecule has 0 atom stereocenters. The highest BCUT2D eigenvalue weighted by Crippen LogP contribution is 2.29. The lowest BCUT2D eigenvalue weighted by Gasteiger charge is -2.10. The van der Waals surface area contributed by atoms with Gasteiger partial charge in [0.05, 0.1) is 5.56 Å². The molecule has 0 fully saturated rings. The molecule has 0 unspecified atom stereocenters. The first-order valence-electron chi connectivity index (χ1n) is 5.95. The minimum absolute atomic E-state index is 0.0994. The molecule has 22 heavy (non-hydrogen) atoms. The molecule has 0 saturated heterocycles. The van der Waals surface area contributed by atoms with Crippen molar-refractivity contribution in [2.24, 2.45) is 0 Å². The van der Waals surface area contributed by atoms with E-state index in [1.54, 1.807) is 0 Å². The third-order valence-corrected chi connectivity index (χ3v) is 2.59. The summed E-state index contributed by atoms with van der Waals surface area (Å²) in [4.78, 5) is 11.6. The Balaban J connectivity index is 2.03. The van der Waals surface area contributed by atoms with E-state index in [0.717, 1.165) is 36.4 Å². The molecule has 2 N–H and O–H groups in total. The molecule has 0 aromatic heterocycles. The fraction of sp³-hybridized carbons (Fsp3) is 0.0714. The van der Waals surface area contributed by atoms with Gasteiger partial charge >= 0.3 is 12.2 Å². The van der Waals surface area contributed by atoms with Crippen LogP contribution < -0.4 is 10.6 Å². The molecule has 0 bridgehead atoms. The zero-order chi connectivity index (χ0) is 16.3. The van der Waals surface area contributed by atoms with Crippen LogP contribution in [0.25, 0.3) is 0 Å². The predicted molar refractivity (Wildman–Crippen MR) is 70.4 cm³/mol. The average Bonchev–Trinajstić information content (AvgIpc) is 2.36. The van der Waals surface area contributed by atoms with Gasteiger partial charge in [0.25, 0.3) is 0 Å². The maximum Gasteiger partial charge on any atom is 0.416 e. The van der Waals surface area contributed by atoms with Crippen LogP contribution in [0.15, 0.2) is 42.5 Å². The van der Waals surface area contributed by atoms with Crippen LogP contribution in [0.4, 0.5) is 38.1 Å². The number of anilines is 2. The molecule has 8 heteroatoms. The van der Waals surface area contributed by atoms with Crippen molar-refractivity contribution in [3.63, 3.8) is 0 Å². The van der Waals surface area contributed by atoms with Crippen molar-refractivity contribution in [1.29, 1.82) is 0 Å². The summed E-state index contributed by atoms with van der Waals surface area (Å²) >= 11 is 0. The van der Waals surface area contributed by atoms with Crippen molar-refractivity contribution in [3.05, 3.63) is 59.7 Å². The smallest absolute Gasteiger partial charge is 0.308 e. The SMILES string of the molecule is O=C(Nc1ccc(C(F)(F)F)cc1)Nc1cc(F)cc(F)c1. The molecular formula is C14H9F5N2O. The van der Waals surface area contributed by atoms with E-state index in [-0.39, 0.29) is 11.4 Å². The summed E-state index contributed by atoms with van der Waals surface area (Å²) in [5, 5.41) is 4.41. The van der Waals surface area contributed by atoms with E-state index in [1.807, 2.05) is 0 Å². The normalized spacial score (nSPS) is 11.1. The highest BCUT2D eigenvalue weighted by molar-refractivity contribution is 5.99. The fourth-order valence-corrected chi connectivity index (χ4v) is 1.66. The summed E-state index contributed by atoms with van der Waals surface area (Å²) < 4.78 is 63.0. The number of halogens is 5. The lowest BCUT2D eigenvalue weighted by atomic mass is 10.2. The van der Waals surface area contributed by atoms with Gasteiger partial charge in [-0.25, -0.2) is 13.6 Å². The van der Waals surface area contributed by atoms with Crippen molar-refractivity contribution in [2.45, 2.75) is 6.18 Å². The van der Waals surface area contributed by atoms with E-state index < -0.39 is 29.4 Å². The summed E-state index contributed by atoms with van der Waals surface area (Å²) in [6.07, 6.45) is -4.47. The highest BCUT2D eigenvalue weighted by Gasteiger charge is 2.29. The first-order chi connectivity index (χ1) is 10.2. The predicted octanol–water partition coefficient (Wildman–Crippen LogP) is 4.63. The van der Waals surface area contributed by atoms with Crippen molar-refractivity contribution in [3.8, 4) is 0 Å². The second kappa shape index (κ2) is 6.00. The quantitative estimate of drug-likeness (QED) is 0.779. The molecule has 0 heterocycles. The number of amides is 2. The minimum atomic E-state index is -4.47. The summed E-state index contributed by atoms with van der Waals surface area (Å²) in [6, 6.07) is 5.33. The van der Waals surface area contributed by atoms with Crippen LogP contribution in [-0.4, -0.2) is 6.03 Å². The maximum absolute atomic E-state index is 12.9. The van der Waals surface area contributed by atoms with E-state index in [0.29, 0.717) is 6.07 Å². The lowest BCUT2D eigenvalue weighted by molar-refractivity contribution is -0.137. The largest absolute Gasteiger partial charge is 0.416 e. The van der Waals surface area contributed by atoms with Crippen LogP contribution in [0.3, 0.4) is 0 Å². The second-order valence-electron chi connectivity index (χ2n) is 4.31. The molecule has 0 aliphatic heterocycles. The van der Waals surface area contributed by atoms with E-state index in [1.165, 1.54) is 0 Å². The van der Waals surface area contributed by atoms with Gasteiger partial charge in [-0.15, -0.1) is 0 Å². The molecule has 0 spiro atoms. The molecular weight excluding hydrogens is 307 g/mol. The summed E-state index contributed by atoms with van der Waals surface area (Å²) in [5.41, 5.74) is -0.880. The number of benzene rings is 2. The number of urea groups is 1. The van der Waals surface area contributed by atoms with Gasteiger partial charge in [0.15, 0.2) is 0 Å². The third-order valence-electron chi connectivity index (χ3n) is 2.59. The number of hydrogen-bond donors (Lipinski definition) is 2. The van der Waals surface area contributed by atoms with E-state index in [2.05, 4.69) is 10.6 Å². The van der Waals surface area contributed by atoms with Gasteiger partial charge in [0.1, 0.15) is 11.6 Å². The molecule has 0 saturated carbocycles. The standard InChI is InChI=1S/C14H9F5N2O/c15-9-5-10(16)7-12(6-9)21-13(22)20-11-3-1-8(2-4-11)14(17,18)19/h1-7H,(H2,20,21,22). The van der Waals surface area contributed by atoms with Crippen molar-refractivity contribution >= 4 is 17.4 Å². The van der Waals surface area contributed by atoms with Crippen LogP contribution in [0, 0.1) is 11.6 Å².